The number of carbonyl (C=O) groups excluding carboxylic acids is 1. The first-order valence-electron chi connectivity index (χ1n) is 5.56. The zero-order chi connectivity index (χ0) is 14.1. The molecule has 0 atom stereocenters. The lowest BCUT2D eigenvalue weighted by Crippen LogP contribution is -2.30. The molecule has 0 unspecified atom stereocenters. The largest absolute Gasteiger partial charge is 0.496 e. The molecule has 0 radical (unpaired) electrons. The molecular weight excluding hydrogens is 242 g/mol. The van der Waals surface area contributed by atoms with Crippen molar-refractivity contribution in [3.05, 3.63) is 35.9 Å². The van der Waals surface area contributed by atoms with Crippen molar-refractivity contribution >= 4 is 12.0 Å². The molecule has 0 aliphatic carbocycles. The van der Waals surface area contributed by atoms with E-state index >= 15 is 0 Å². The maximum absolute atomic E-state index is 11.8. The quantitative estimate of drug-likeness (QED) is 0.591. The first kappa shape index (κ1) is 14.3. The van der Waals surface area contributed by atoms with Gasteiger partial charge in [0.05, 0.1) is 19.2 Å². The third kappa shape index (κ3) is 4.18. The van der Waals surface area contributed by atoms with E-state index in [0.717, 1.165) is 10.5 Å². The lowest BCUT2D eigenvalue weighted by molar-refractivity contribution is -0.124. The number of carbonyl (C=O) groups is 1. The Labute approximate surface area is 111 Å². The van der Waals surface area contributed by atoms with Gasteiger partial charge < -0.3 is 9.64 Å². The van der Waals surface area contributed by atoms with Gasteiger partial charge in [-0.05, 0) is 12.1 Å². The van der Waals surface area contributed by atoms with Gasteiger partial charge in [0.15, 0.2) is 0 Å². The van der Waals surface area contributed by atoms with Crippen LogP contribution in [0.4, 0.5) is 0 Å². The third-order valence-electron chi connectivity index (χ3n) is 2.38. The minimum absolute atomic E-state index is 0.108. The van der Waals surface area contributed by atoms with Crippen LogP contribution >= 0.6 is 0 Å². The van der Waals surface area contributed by atoms with Crippen molar-refractivity contribution in [3.8, 4) is 17.9 Å². The molecule has 0 heterocycles. The van der Waals surface area contributed by atoms with Gasteiger partial charge in [-0.1, -0.05) is 18.2 Å². The smallest absolute Gasteiger partial charge is 0.248 e. The van der Waals surface area contributed by atoms with Gasteiger partial charge in [-0.3, -0.25) is 4.79 Å². The zero-order valence-corrected chi connectivity index (χ0v) is 10.5. The van der Waals surface area contributed by atoms with E-state index in [1.807, 2.05) is 30.3 Å². The molecular formula is C14H13N3O2. The Morgan fingerprint density at radius 2 is 1.95 bits per heavy atom. The summed E-state index contributed by atoms with van der Waals surface area (Å²) >= 11 is 0. The number of nitriles is 2. The molecule has 19 heavy (non-hydrogen) atoms. The van der Waals surface area contributed by atoms with Crippen LogP contribution in [0.3, 0.4) is 0 Å². The summed E-state index contributed by atoms with van der Waals surface area (Å²) in [7, 11) is 1.55. The fourth-order valence-corrected chi connectivity index (χ4v) is 1.45. The molecule has 0 saturated heterocycles. The van der Waals surface area contributed by atoms with Crippen LogP contribution in [-0.2, 0) is 4.79 Å². The number of hydrogen-bond donors (Lipinski definition) is 0. The molecule has 0 spiro atoms. The van der Waals surface area contributed by atoms with Gasteiger partial charge in [0, 0.05) is 11.6 Å². The Kier molecular flexibility index (Phi) is 5.65. The van der Waals surface area contributed by atoms with E-state index in [4.69, 9.17) is 15.3 Å². The van der Waals surface area contributed by atoms with Crippen LogP contribution in [0.25, 0.3) is 6.08 Å². The van der Waals surface area contributed by atoms with Gasteiger partial charge in [0.25, 0.3) is 0 Å². The fraction of sp³-hybridized carbons (Fsp3) is 0.214. The van der Waals surface area contributed by atoms with E-state index in [2.05, 4.69) is 0 Å². The number of para-hydroxylation sites is 1. The van der Waals surface area contributed by atoms with Crippen molar-refractivity contribution in [2.75, 3.05) is 20.2 Å². The van der Waals surface area contributed by atoms with Gasteiger partial charge in [0.1, 0.15) is 18.8 Å². The van der Waals surface area contributed by atoms with E-state index in [0.29, 0.717) is 5.75 Å². The second kappa shape index (κ2) is 7.52. The first-order chi connectivity index (χ1) is 9.22. The van der Waals surface area contributed by atoms with E-state index in [-0.39, 0.29) is 19.0 Å². The molecule has 0 bridgehead atoms. The first-order valence-corrected chi connectivity index (χ1v) is 5.56. The summed E-state index contributed by atoms with van der Waals surface area (Å²) in [5.74, 6) is 0.271. The summed E-state index contributed by atoms with van der Waals surface area (Å²) in [5.41, 5.74) is 0.757. The number of amides is 1. The van der Waals surface area contributed by atoms with E-state index < -0.39 is 0 Å². The van der Waals surface area contributed by atoms with Crippen molar-refractivity contribution < 1.29 is 9.53 Å². The van der Waals surface area contributed by atoms with Crippen LogP contribution in [0, 0.1) is 22.7 Å². The van der Waals surface area contributed by atoms with Crippen LogP contribution < -0.4 is 4.74 Å². The summed E-state index contributed by atoms with van der Waals surface area (Å²) < 4.78 is 5.15. The second-order valence-corrected chi connectivity index (χ2v) is 3.59. The number of ether oxygens (including phenoxy) is 1. The summed E-state index contributed by atoms with van der Waals surface area (Å²) in [6.07, 6.45) is 2.93. The minimum Gasteiger partial charge on any atom is -0.496 e. The number of hydrogen-bond acceptors (Lipinski definition) is 4. The molecule has 1 aromatic carbocycles. The Bertz CT molecular complexity index is 537. The number of nitrogens with zero attached hydrogens (tertiary/aromatic N) is 3. The van der Waals surface area contributed by atoms with Crippen LogP contribution in [0.2, 0.25) is 0 Å². The second-order valence-electron chi connectivity index (χ2n) is 3.59. The van der Waals surface area contributed by atoms with Gasteiger partial charge in [-0.2, -0.15) is 10.5 Å². The maximum Gasteiger partial charge on any atom is 0.248 e. The minimum atomic E-state index is -0.381. The molecule has 0 fully saturated rings. The highest BCUT2D eigenvalue weighted by Gasteiger charge is 2.09. The Morgan fingerprint density at radius 1 is 1.32 bits per heavy atom. The SMILES string of the molecule is COc1ccccc1C=CC(=O)N(CC#N)CC#N. The van der Waals surface area contributed by atoms with Crippen molar-refractivity contribution in [3.63, 3.8) is 0 Å². The average Bonchev–Trinajstić information content (AvgIpc) is 2.44. The topological polar surface area (TPSA) is 77.1 Å². The van der Waals surface area contributed by atoms with Gasteiger partial charge in [-0.25, -0.2) is 0 Å². The standard InChI is InChI=1S/C14H13N3O2/c1-19-13-5-3-2-4-12(13)6-7-14(18)17(10-8-15)11-9-16/h2-7H,10-11H2,1H3. The van der Waals surface area contributed by atoms with Crippen molar-refractivity contribution in [2.24, 2.45) is 0 Å². The van der Waals surface area contributed by atoms with Crippen molar-refractivity contribution in [2.45, 2.75) is 0 Å². The van der Waals surface area contributed by atoms with E-state index in [1.165, 1.54) is 6.08 Å². The van der Waals surface area contributed by atoms with Crippen LogP contribution in [0.5, 0.6) is 5.75 Å². The van der Waals surface area contributed by atoms with Gasteiger partial charge >= 0.3 is 0 Å². The molecule has 96 valence electrons. The van der Waals surface area contributed by atoms with E-state index in [9.17, 15) is 4.79 Å². The highest BCUT2D eigenvalue weighted by molar-refractivity contribution is 5.92. The molecule has 0 N–H and O–H groups in total. The Morgan fingerprint density at radius 3 is 2.53 bits per heavy atom. The Balaban J connectivity index is 2.83. The highest BCUT2D eigenvalue weighted by atomic mass is 16.5. The highest BCUT2D eigenvalue weighted by Crippen LogP contribution is 2.18. The van der Waals surface area contributed by atoms with Crippen LogP contribution in [-0.4, -0.2) is 31.0 Å². The molecule has 5 heteroatoms. The summed E-state index contributed by atoms with van der Waals surface area (Å²) in [6.45, 7) is -0.217. The van der Waals surface area contributed by atoms with Gasteiger partial charge in [0.2, 0.25) is 5.91 Å². The lowest BCUT2D eigenvalue weighted by atomic mass is 10.2. The number of benzene rings is 1. The third-order valence-corrected chi connectivity index (χ3v) is 2.38. The normalized spacial score (nSPS) is 9.63. The van der Waals surface area contributed by atoms with Gasteiger partial charge in [-0.15, -0.1) is 0 Å². The number of rotatable bonds is 5. The summed E-state index contributed by atoms with van der Waals surface area (Å²) in [6, 6.07) is 10.9. The molecule has 1 rings (SSSR count). The van der Waals surface area contributed by atoms with Crippen LogP contribution in [0.15, 0.2) is 30.3 Å². The predicted molar refractivity (Wildman–Crippen MR) is 69.8 cm³/mol. The monoisotopic (exact) mass is 255 g/mol. The molecule has 0 aliphatic rings. The Hall–Kier alpha value is -2.79. The fourth-order valence-electron chi connectivity index (χ4n) is 1.45. The molecule has 0 aromatic heterocycles. The maximum atomic E-state index is 11.8. The predicted octanol–water partition coefficient (Wildman–Crippen LogP) is 1.58. The zero-order valence-electron chi connectivity index (χ0n) is 10.5. The molecule has 5 nitrogen and oxygen atoms in total. The average molecular weight is 255 g/mol. The van der Waals surface area contributed by atoms with Crippen LogP contribution in [0.1, 0.15) is 5.56 Å². The molecule has 1 aromatic rings. The molecule has 0 saturated carbocycles. The van der Waals surface area contributed by atoms with Crippen molar-refractivity contribution in [1.29, 1.82) is 10.5 Å². The number of methoxy groups -OCH3 is 1. The molecule has 0 aliphatic heterocycles. The lowest BCUT2D eigenvalue weighted by Gasteiger charge is -2.12. The van der Waals surface area contributed by atoms with E-state index in [1.54, 1.807) is 19.3 Å². The summed E-state index contributed by atoms with van der Waals surface area (Å²) in [5, 5.41) is 17.2. The van der Waals surface area contributed by atoms with Crippen molar-refractivity contribution in [1.82, 2.24) is 4.90 Å². The summed E-state index contributed by atoms with van der Waals surface area (Å²) in [4.78, 5) is 13.0. The molecule has 1 amide bonds.